The van der Waals surface area contributed by atoms with E-state index in [1.54, 1.807) is 0 Å². The van der Waals surface area contributed by atoms with Gasteiger partial charge in [0.2, 0.25) is 0 Å². The largest absolute Gasteiger partial charge is 0.318 e. The number of carbonyl (C=O) groups excluding carboxylic acids is 1. The summed E-state index contributed by atoms with van der Waals surface area (Å²) in [6.45, 7) is 2.05. The Hall–Kier alpha value is -0.600. The van der Waals surface area contributed by atoms with Gasteiger partial charge in [0, 0.05) is 0 Å². The van der Waals surface area contributed by atoms with Gasteiger partial charge in [0.1, 0.15) is 0 Å². The van der Waals surface area contributed by atoms with Crippen molar-refractivity contribution >= 4 is 6.41 Å². The monoisotopic (exact) mass is 146 g/mol. The van der Waals surface area contributed by atoms with Crippen LogP contribution < -0.4 is 5.32 Å². The molecular formula is C7H13FNO. The first-order valence-electron chi connectivity index (χ1n) is 3.58. The lowest BCUT2D eigenvalue weighted by molar-refractivity contribution is 0.281. The molecule has 0 aromatic rings. The molecule has 0 saturated heterocycles. The Morgan fingerprint density at radius 2 is 2.30 bits per heavy atom. The maximum atomic E-state index is 12.4. The summed E-state index contributed by atoms with van der Waals surface area (Å²) in [5, 5.41) is 1.93. The third-order valence-corrected chi connectivity index (χ3v) is 1.28. The van der Waals surface area contributed by atoms with E-state index < -0.39 is 6.30 Å². The fourth-order valence-electron chi connectivity index (χ4n) is 0.710. The van der Waals surface area contributed by atoms with Crippen LogP contribution in [0.3, 0.4) is 0 Å². The molecule has 3 heteroatoms. The molecule has 0 aliphatic carbocycles. The minimum Gasteiger partial charge on any atom is -0.318 e. The van der Waals surface area contributed by atoms with Crippen molar-refractivity contribution in [2.75, 3.05) is 0 Å². The molecule has 1 N–H and O–H groups in total. The molecule has 0 spiro atoms. The van der Waals surface area contributed by atoms with Crippen LogP contribution in [-0.4, -0.2) is 12.7 Å². The number of hydrogen-bond acceptors (Lipinski definition) is 1. The minimum absolute atomic E-state index is 0.406. The zero-order valence-corrected chi connectivity index (χ0v) is 6.19. The lowest BCUT2D eigenvalue weighted by atomic mass is 10.2. The second kappa shape index (κ2) is 6.52. The van der Waals surface area contributed by atoms with Crippen molar-refractivity contribution in [1.29, 1.82) is 0 Å². The second-order valence-electron chi connectivity index (χ2n) is 2.21. The topological polar surface area (TPSA) is 29.1 Å². The van der Waals surface area contributed by atoms with Crippen molar-refractivity contribution in [2.24, 2.45) is 0 Å². The molecule has 0 fully saturated rings. The van der Waals surface area contributed by atoms with E-state index in [0.717, 1.165) is 19.3 Å². The zero-order valence-electron chi connectivity index (χ0n) is 6.19. The van der Waals surface area contributed by atoms with Gasteiger partial charge in [-0.15, -0.1) is 0 Å². The summed E-state index contributed by atoms with van der Waals surface area (Å²) >= 11 is 0. The van der Waals surface area contributed by atoms with Gasteiger partial charge in [-0.1, -0.05) is 19.8 Å². The molecule has 0 aliphatic heterocycles. The van der Waals surface area contributed by atoms with Crippen molar-refractivity contribution in [3.05, 3.63) is 0 Å². The van der Waals surface area contributed by atoms with E-state index in [4.69, 9.17) is 0 Å². The number of rotatable bonds is 6. The fraction of sp³-hybridized carbons (Fsp3) is 0.857. The molecule has 1 unspecified atom stereocenters. The van der Waals surface area contributed by atoms with E-state index >= 15 is 0 Å². The Kier molecular flexibility index (Phi) is 6.13. The third-order valence-electron chi connectivity index (χ3n) is 1.28. The van der Waals surface area contributed by atoms with Gasteiger partial charge < -0.3 is 5.32 Å². The van der Waals surface area contributed by atoms with Gasteiger partial charge in [0.25, 0.3) is 0 Å². The van der Waals surface area contributed by atoms with Gasteiger partial charge in [0.05, 0.1) is 0 Å². The summed E-state index contributed by atoms with van der Waals surface area (Å²) in [5.41, 5.74) is 0. The normalized spacial score (nSPS) is 12.6. The van der Waals surface area contributed by atoms with Crippen LogP contribution in [0, 0.1) is 0 Å². The van der Waals surface area contributed by atoms with Gasteiger partial charge >= 0.3 is 6.41 Å². The highest BCUT2D eigenvalue weighted by atomic mass is 19.1. The SMILES string of the molecule is CCCCCC(F)N[C]=O. The Balaban J connectivity index is 3.04. The maximum Gasteiger partial charge on any atom is 0.311 e. The predicted octanol–water partition coefficient (Wildman–Crippen LogP) is 1.52. The Morgan fingerprint density at radius 3 is 2.80 bits per heavy atom. The van der Waals surface area contributed by atoms with Crippen molar-refractivity contribution in [2.45, 2.75) is 38.9 Å². The second-order valence-corrected chi connectivity index (χ2v) is 2.21. The number of amides is 1. The molecule has 0 aromatic heterocycles. The average Bonchev–Trinajstić information content (AvgIpc) is 1.89. The van der Waals surface area contributed by atoms with Crippen molar-refractivity contribution < 1.29 is 9.18 Å². The molecule has 0 saturated carbocycles. The van der Waals surface area contributed by atoms with E-state index in [9.17, 15) is 9.18 Å². The van der Waals surface area contributed by atoms with Gasteiger partial charge in [-0.3, -0.25) is 4.79 Å². The molecular weight excluding hydrogens is 133 g/mol. The molecule has 1 atom stereocenters. The quantitative estimate of drug-likeness (QED) is 0.343. The molecule has 1 amide bonds. The zero-order chi connectivity index (χ0) is 7.82. The molecule has 59 valence electrons. The highest BCUT2D eigenvalue weighted by molar-refractivity contribution is 5.47. The highest BCUT2D eigenvalue weighted by Gasteiger charge is 2.01. The molecule has 0 rings (SSSR count). The number of alkyl halides is 1. The van der Waals surface area contributed by atoms with Crippen LogP contribution in [-0.2, 0) is 4.79 Å². The molecule has 0 aromatic carbocycles. The third kappa shape index (κ3) is 5.54. The highest BCUT2D eigenvalue weighted by Crippen LogP contribution is 2.02. The molecule has 10 heavy (non-hydrogen) atoms. The van der Waals surface area contributed by atoms with Crippen LogP contribution in [0.15, 0.2) is 0 Å². The fourth-order valence-corrected chi connectivity index (χ4v) is 0.710. The van der Waals surface area contributed by atoms with Gasteiger partial charge in [0.15, 0.2) is 6.30 Å². The van der Waals surface area contributed by atoms with Crippen LogP contribution in [0.5, 0.6) is 0 Å². The predicted molar refractivity (Wildman–Crippen MR) is 37.9 cm³/mol. The lowest BCUT2D eigenvalue weighted by Gasteiger charge is -2.03. The summed E-state index contributed by atoms with van der Waals surface area (Å²) < 4.78 is 12.4. The van der Waals surface area contributed by atoms with Crippen molar-refractivity contribution in [1.82, 2.24) is 5.32 Å². The number of unbranched alkanes of at least 4 members (excludes halogenated alkanes) is 2. The molecule has 0 heterocycles. The summed E-state index contributed by atoms with van der Waals surface area (Å²) in [6, 6.07) is 0. The van der Waals surface area contributed by atoms with Crippen LogP contribution in [0.1, 0.15) is 32.6 Å². The van der Waals surface area contributed by atoms with Crippen LogP contribution in [0.25, 0.3) is 0 Å². The minimum atomic E-state index is -1.20. The summed E-state index contributed by atoms with van der Waals surface area (Å²) in [7, 11) is 0. The lowest BCUT2D eigenvalue weighted by Crippen LogP contribution is -2.22. The first-order valence-corrected chi connectivity index (χ1v) is 3.58. The molecule has 0 bridgehead atoms. The Morgan fingerprint density at radius 1 is 1.60 bits per heavy atom. The Bertz CT molecular complexity index is 87.7. The van der Waals surface area contributed by atoms with Crippen LogP contribution >= 0.6 is 0 Å². The van der Waals surface area contributed by atoms with Gasteiger partial charge in [-0.25, -0.2) is 4.39 Å². The summed E-state index contributed by atoms with van der Waals surface area (Å²) in [6.07, 6.45) is 3.43. The van der Waals surface area contributed by atoms with E-state index in [0.29, 0.717) is 6.42 Å². The van der Waals surface area contributed by atoms with E-state index in [-0.39, 0.29) is 0 Å². The first kappa shape index (κ1) is 9.40. The van der Waals surface area contributed by atoms with Crippen LogP contribution in [0.2, 0.25) is 0 Å². The maximum absolute atomic E-state index is 12.4. The first-order chi connectivity index (χ1) is 4.81. The summed E-state index contributed by atoms with van der Waals surface area (Å²) in [5.74, 6) is 0. The average molecular weight is 146 g/mol. The molecule has 2 nitrogen and oxygen atoms in total. The number of nitrogens with one attached hydrogen (secondary N) is 1. The molecule has 0 aliphatic rings. The smallest absolute Gasteiger partial charge is 0.311 e. The van der Waals surface area contributed by atoms with Crippen molar-refractivity contribution in [3.8, 4) is 0 Å². The van der Waals surface area contributed by atoms with Crippen LogP contribution in [0.4, 0.5) is 4.39 Å². The number of hydrogen-bond donors (Lipinski definition) is 1. The van der Waals surface area contributed by atoms with Gasteiger partial charge in [-0.2, -0.15) is 0 Å². The van der Waals surface area contributed by atoms with E-state index in [1.807, 2.05) is 12.2 Å². The molecule has 1 radical (unpaired) electrons. The van der Waals surface area contributed by atoms with Gasteiger partial charge in [-0.05, 0) is 12.8 Å². The van der Waals surface area contributed by atoms with Crippen molar-refractivity contribution in [3.63, 3.8) is 0 Å². The number of halogens is 1. The summed E-state index contributed by atoms with van der Waals surface area (Å²) in [4.78, 5) is 9.57. The standard InChI is InChI=1S/C7H13FNO/c1-2-3-4-5-7(8)9-6-10/h7H,2-5H2,1H3,(H,9,10). The Labute approximate surface area is 60.8 Å². The van der Waals surface area contributed by atoms with E-state index in [2.05, 4.69) is 0 Å². The van der Waals surface area contributed by atoms with E-state index in [1.165, 1.54) is 6.41 Å².